The highest BCUT2D eigenvalue weighted by Crippen LogP contribution is 2.25. The summed E-state index contributed by atoms with van der Waals surface area (Å²) in [5.74, 6) is 2.38. The molecule has 0 spiro atoms. The van der Waals surface area contributed by atoms with E-state index in [1.54, 1.807) is 4.57 Å². The number of fused-ring (bicyclic) bond motifs is 1. The predicted octanol–water partition coefficient (Wildman–Crippen LogP) is 3.77. The number of anilines is 1. The van der Waals surface area contributed by atoms with E-state index in [9.17, 15) is 9.59 Å². The molecule has 4 aromatic rings. The van der Waals surface area contributed by atoms with E-state index in [1.807, 2.05) is 49.7 Å². The van der Waals surface area contributed by atoms with E-state index in [4.69, 9.17) is 9.72 Å². The molecule has 1 aliphatic heterocycles. The molecule has 1 saturated heterocycles. The van der Waals surface area contributed by atoms with Crippen LogP contribution in [0.15, 0.2) is 58.1 Å². The van der Waals surface area contributed by atoms with Crippen molar-refractivity contribution in [3.05, 3.63) is 80.8 Å². The van der Waals surface area contributed by atoms with Gasteiger partial charge in [-0.2, -0.15) is 0 Å². The summed E-state index contributed by atoms with van der Waals surface area (Å²) in [6.07, 6.45) is 1.41. The van der Waals surface area contributed by atoms with E-state index in [1.165, 1.54) is 10.3 Å². The molecule has 0 bridgehead atoms. The summed E-state index contributed by atoms with van der Waals surface area (Å²) >= 11 is 0. The maximum Gasteiger partial charge on any atom is 0.332 e. The maximum atomic E-state index is 12.9. The lowest BCUT2D eigenvalue weighted by Gasteiger charge is -2.29. The normalized spacial score (nSPS) is 13.2. The van der Waals surface area contributed by atoms with E-state index in [0.29, 0.717) is 30.7 Å². The second-order valence-electron chi connectivity index (χ2n) is 9.31. The van der Waals surface area contributed by atoms with Gasteiger partial charge in [-0.3, -0.25) is 13.9 Å². The smallest absolute Gasteiger partial charge is 0.332 e. The van der Waals surface area contributed by atoms with Gasteiger partial charge in [0.05, 0.1) is 0 Å². The highest BCUT2D eigenvalue weighted by Gasteiger charge is 2.18. The van der Waals surface area contributed by atoms with Crippen molar-refractivity contribution >= 4 is 41.7 Å². The van der Waals surface area contributed by atoms with Crippen molar-refractivity contribution in [3.8, 4) is 11.5 Å². The molecule has 1 aliphatic rings. The Morgan fingerprint density at radius 1 is 0.846 bits per heavy atom. The summed E-state index contributed by atoms with van der Waals surface area (Å²) in [4.78, 5) is 32.7. The van der Waals surface area contributed by atoms with Crippen LogP contribution in [0.25, 0.3) is 11.2 Å². The highest BCUT2D eigenvalue weighted by molar-refractivity contribution is 5.85. The third-order valence-corrected chi connectivity index (χ3v) is 7.08. The molecule has 2 aromatic carbocycles. The van der Waals surface area contributed by atoms with Crippen LogP contribution >= 0.6 is 24.8 Å². The van der Waals surface area contributed by atoms with Gasteiger partial charge in [0.25, 0.3) is 5.56 Å². The number of nitrogens with one attached hydrogen (secondary N) is 1. The van der Waals surface area contributed by atoms with Gasteiger partial charge in [-0.25, -0.2) is 9.78 Å². The fourth-order valence-electron chi connectivity index (χ4n) is 4.96. The monoisotopic (exact) mass is 574 g/mol. The maximum absolute atomic E-state index is 12.9. The first kappa shape index (κ1) is 30.3. The molecule has 1 fully saturated rings. The van der Waals surface area contributed by atoms with Crippen LogP contribution in [-0.2, 0) is 33.0 Å². The van der Waals surface area contributed by atoms with Crippen LogP contribution in [0.4, 0.5) is 5.69 Å². The quantitative estimate of drug-likeness (QED) is 0.345. The second-order valence-corrected chi connectivity index (χ2v) is 9.31. The minimum Gasteiger partial charge on any atom is -0.457 e. The van der Waals surface area contributed by atoms with Crippen molar-refractivity contribution in [2.24, 2.45) is 7.05 Å². The number of ether oxygens (including phenoxy) is 1. The van der Waals surface area contributed by atoms with Crippen LogP contribution in [0.1, 0.15) is 25.2 Å². The molecule has 3 heterocycles. The zero-order valence-corrected chi connectivity index (χ0v) is 24.2. The number of halogens is 2. The zero-order chi connectivity index (χ0) is 25.9. The van der Waals surface area contributed by atoms with Gasteiger partial charge in [0, 0.05) is 58.4 Å². The summed E-state index contributed by atoms with van der Waals surface area (Å²) < 4.78 is 10.7. The van der Waals surface area contributed by atoms with Crippen molar-refractivity contribution in [2.45, 2.75) is 39.8 Å². The number of hydrogen-bond acceptors (Lipinski definition) is 6. The Bertz CT molecular complexity index is 1500. The van der Waals surface area contributed by atoms with E-state index in [-0.39, 0.29) is 36.1 Å². The summed E-state index contributed by atoms with van der Waals surface area (Å²) in [5.41, 5.74) is 2.72. The van der Waals surface area contributed by atoms with Crippen molar-refractivity contribution in [3.63, 3.8) is 0 Å². The van der Waals surface area contributed by atoms with Gasteiger partial charge in [0.1, 0.15) is 17.3 Å². The van der Waals surface area contributed by atoms with Crippen LogP contribution in [0.2, 0.25) is 0 Å². The SMILES string of the molecule is CCn1c(=O)c2c(nc(CCc3ccc(Oc4ccc(N5CCNCC5)cc4)cc3)n2C)n(CC)c1=O.Cl.Cl. The van der Waals surface area contributed by atoms with Gasteiger partial charge in [-0.05, 0) is 62.2 Å². The Hall–Kier alpha value is -3.27. The summed E-state index contributed by atoms with van der Waals surface area (Å²) in [5, 5.41) is 3.38. The molecule has 2 aromatic heterocycles. The van der Waals surface area contributed by atoms with E-state index in [0.717, 1.165) is 55.5 Å². The lowest BCUT2D eigenvalue weighted by atomic mass is 10.1. The van der Waals surface area contributed by atoms with Crippen LogP contribution < -0.4 is 26.2 Å². The standard InChI is InChI=1S/C28H34N6O3.2ClH/c1-4-33-26-25(27(35)34(5-2)28(33)36)31(3)24(30-26)15-8-20-6-11-22(12-7-20)37-23-13-9-21(10-14-23)32-18-16-29-17-19-32;;/h6-7,9-14,29H,4-5,8,15-19H2,1-3H3;2*1H. The number of piperazine rings is 1. The Morgan fingerprint density at radius 3 is 2.03 bits per heavy atom. The van der Waals surface area contributed by atoms with E-state index in [2.05, 4.69) is 34.5 Å². The first-order chi connectivity index (χ1) is 18.0. The Morgan fingerprint density at radius 2 is 1.44 bits per heavy atom. The van der Waals surface area contributed by atoms with Crippen LogP contribution in [0.5, 0.6) is 11.5 Å². The van der Waals surface area contributed by atoms with Crippen molar-refractivity contribution in [2.75, 3.05) is 31.1 Å². The number of aromatic nitrogens is 4. The molecule has 1 N–H and O–H groups in total. The number of hydrogen-bond donors (Lipinski definition) is 1. The third-order valence-electron chi connectivity index (χ3n) is 7.08. The van der Waals surface area contributed by atoms with E-state index >= 15 is 0 Å². The molecule has 0 unspecified atom stereocenters. The van der Waals surface area contributed by atoms with Crippen LogP contribution in [0, 0.1) is 0 Å². The lowest BCUT2D eigenvalue weighted by molar-refractivity contribution is 0.482. The average molecular weight is 576 g/mol. The fourth-order valence-corrected chi connectivity index (χ4v) is 4.96. The van der Waals surface area contributed by atoms with Crippen molar-refractivity contribution in [1.29, 1.82) is 0 Å². The number of imidazole rings is 1. The lowest BCUT2D eigenvalue weighted by Crippen LogP contribution is -2.43. The first-order valence-corrected chi connectivity index (χ1v) is 13.0. The number of benzene rings is 2. The molecular formula is C28H36Cl2N6O3. The van der Waals surface area contributed by atoms with Gasteiger partial charge in [0.2, 0.25) is 0 Å². The number of aryl methyl sites for hydroxylation is 4. The minimum absolute atomic E-state index is 0. The molecule has 0 saturated carbocycles. The molecule has 0 radical (unpaired) electrons. The van der Waals surface area contributed by atoms with Gasteiger partial charge >= 0.3 is 5.69 Å². The van der Waals surface area contributed by atoms with Gasteiger partial charge in [-0.15, -0.1) is 24.8 Å². The van der Waals surface area contributed by atoms with Gasteiger partial charge in [-0.1, -0.05) is 12.1 Å². The fraction of sp³-hybridized carbons (Fsp3) is 0.393. The molecule has 11 heteroatoms. The van der Waals surface area contributed by atoms with E-state index < -0.39 is 0 Å². The predicted molar refractivity (Wildman–Crippen MR) is 161 cm³/mol. The summed E-state index contributed by atoms with van der Waals surface area (Å²) in [6.45, 7) is 8.57. The zero-order valence-electron chi connectivity index (χ0n) is 22.6. The Labute approximate surface area is 240 Å². The molecule has 9 nitrogen and oxygen atoms in total. The van der Waals surface area contributed by atoms with Gasteiger partial charge in [0.15, 0.2) is 11.2 Å². The summed E-state index contributed by atoms with van der Waals surface area (Å²) in [6, 6.07) is 16.3. The van der Waals surface area contributed by atoms with Crippen molar-refractivity contribution in [1.82, 2.24) is 24.0 Å². The largest absolute Gasteiger partial charge is 0.457 e. The molecule has 210 valence electrons. The van der Waals surface area contributed by atoms with Gasteiger partial charge < -0.3 is 19.5 Å². The second kappa shape index (κ2) is 13.2. The number of rotatable bonds is 8. The molecule has 0 amide bonds. The topological polar surface area (TPSA) is 86.3 Å². The molecule has 5 rings (SSSR count). The number of nitrogens with zero attached hydrogens (tertiary/aromatic N) is 5. The minimum atomic E-state index is -0.304. The molecular weight excluding hydrogens is 539 g/mol. The highest BCUT2D eigenvalue weighted by atomic mass is 35.5. The molecule has 0 atom stereocenters. The average Bonchev–Trinajstić information content (AvgIpc) is 3.25. The molecule has 39 heavy (non-hydrogen) atoms. The summed E-state index contributed by atoms with van der Waals surface area (Å²) in [7, 11) is 1.85. The first-order valence-electron chi connectivity index (χ1n) is 13.0. The Kier molecular flexibility index (Phi) is 10.2. The van der Waals surface area contributed by atoms with Crippen molar-refractivity contribution < 1.29 is 4.74 Å². The van der Waals surface area contributed by atoms with Crippen LogP contribution in [0.3, 0.4) is 0 Å². The Balaban J connectivity index is 0.00000210. The molecule has 0 aliphatic carbocycles. The van der Waals surface area contributed by atoms with Crippen LogP contribution in [-0.4, -0.2) is 44.9 Å². The third kappa shape index (κ3) is 6.16.